The molecule has 0 unspecified atom stereocenters. The summed E-state index contributed by atoms with van der Waals surface area (Å²) >= 11 is 6.63. The fourth-order valence-electron chi connectivity index (χ4n) is 2.08. The van der Waals surface area contributed by atoms with Gasteiger partial charge in [0, 0.05) is 17.6 Å². The molecule has 10 heteroatoms. The molecule has 24 heavy (non-hydrogen) atoms. The van der Waals surface area contributed by atoms with Gasteiger partial charge >= 0.3 is 5.00 Å². The smallest absolute Gasteiger partial charge is 0.339 e. The van der Waals surface area contributed by atoms with Crippen molar-refractivity contribution < 1.29 is 4.92 Å². The zero-order valence-electron chi connectivity index (χ0n) is 12.7. The maximum Gasteiger partial charge on any atom is 0.344 e. The Hall–Kier alpha value is -2.04. The number of anilines is 1. The van der Waals surface area contributed by atoms with Crippen LogP contribution in [0.15, 0.2) is 40.2 Å². The predicted octanol–water partition coefficient (Wildman–Crippen LogP) is 3.83. The molecule has 0 saturated carbocycles. The number of aliphatic imine (C=N–C) groups is 1. The van der Waals surface area contributed by atoms with Gasteiger partial charge in [0.05, 0.1) is 4.92 Å². The highest BCUT2D eigenvalue weighted by Crippen LogP contribution is 2.30. The summed E-state index contributed by atoms with van der Waals surface area (Å²) in [6, 6.07) is 6.04. The van der Waals surface area contributed by atoms with E-state index in [9.17, 15) is 10.1 Å². The first-order valence-electron chi connectivity index (χ1n) is 6.84. The molecule has 7 nitrogen and oxygen atoms in total. The van der Waals surface area contributed by atoms with E-state index in [1.165, 1.54) is 18.1 Å². The lowest BCUT2D eigenvalue weighted by Gasteiger charge is -2.20. The number of aromatic nitrogens is 1. The molecular formula is C14H13N5O2S3. The number of nitro groups is 1. The van der Waals surface area contributed by atoms with E-state index < -0.39 is 4.92 Å². The lowest BCUT2D eigenvalue weighted by atomic mass is 10.1. The van der Waals surface area contributed by atoms with Crippen molar-refractivity contribution in [2.75, 3.05) is 5.32 Å². The maximum atomic E-state index is 10.8. The predicted molar refractivity (Wildman–Crippen MR) is 102 cm³/mol. The molecule has 0 fully saturated rings. The van der Waals surface area contributed by atoms with Crippen molar-refractivity contribution in [3.63, 3.8) is 0 Å². The highest BCUT2D eigenvalue weighted by Gasteiger charge is 2.21. The minimum Gasteiger partial charge on any atom is -0.339 e. The van der Waals surface area contributed by atoms with E-state index in [-0.39, 0.29) is 5.00 Å². The van der Waals surface area contributed by atoms with E-state index in [4.69, 9.17) is 0 Å². The number of aryl methyl sites for hydroxylation is 2. The Morgan fingerprint density at radius 2 is 2.04 bits per heavy atom. The van der Waals surface area contributed by atoms with Gasteiger partial charge in [0.15, 0.2) is 10.1 Å². The highest BCUT2D eigenvalue weighted by atomic mass is 32.2. The van der Waals surface area contributed by atoms with Crippen molar-refractivity contribution >= 4 is 51.6 Å². The van der Waals surface area contributed by atoms with Crippen molar-refractivity contribution in [2.45, 2.75) is 13.8 Å². The second-order valence-corrected chi connectivity index (χ2v) is 7.20. The van der Waals surface area contributed by atoms with Gasteiger partial charge in [0.1, 0.15) is 17.0 Å². The monoisotopic (exact) mass is 379 g/mol. The van der Waals surface area contributed by atoms with E-state index in [0.29, 0.717) is 20.9 Å². The van der Waals surface area contributed by atoms with E-state index in [1.54, 1.807) is 0 Å². The molecule has 0 aliphatic carbocycles. The van der Waals surface area contributed by atoms with Gasteiger partial charge in [-0.05, 0) is 36.3 Å². The van der Waals surface area contributed by atoms with Crippen LogP contribution in [0.5, 0.6) is 0 Å². The Kier molecular flexibility index (Phi) is 4.78. The average Bonchev–Trinajstić information content (AvgIpc) is 3.02. The molecule has 3 rings (SSSR count). The molecule has 2 N–H and O–H groups in total. The van der Waals surface area contributed by atoms with Crippen LogP contribution in [-0.4, -0.2) is 15.0 Å². The molecule has 0 saturated heterocycles. The van der Waals surface area contributed by atoms with Crippen molar-refractivity contribution in [1.82, 2.24) is 9.71 Å². The summed E-state index contributed by atoms with van der Waals surface area (Å²) in [6.45, 7) is 4.04. The fourth-order valence-corrected chi connectivity index (χ4v) is 3.92. The van der Waals surface area contributed by atoms with Gasteiger partial charge in [-0.15, -0.1) is 12.6 Å². The molecule has 2 aromatic rings. The summed E-state index contributed by atoms with van der Waals surface area (Å²) in [5, 5.41) is 15.5. The van der Waals surface area contributed by atoms with Crippen molar-refractivity contribution in [1.29, 1.82) is 0 Å². The van der Waals surface area contributed by atoms with Gasteiger partial charge in [0.25, 0.3) is 0 Å². The molecule has 1 aromatic heterocycles. The molecular weight excluding hydrogens is 366 g/mol. The molecule has 0 radical (unpaired) electrons. The largest absolute Gasteiger partial charge is 0.344 e. The number of hydrogen-bond donors (Lipinski definition) is 3. The van der Waals surface area contributed by atoms with Crippen LogP contribution in [0.25, 0.3) is 0 Å². The van der Waals surface area contributed by atoms with Crippen LogP contribution in [0.3, 0.4) is 0 Å². The van der Waals surface area contributed by atoms with Crippen LogP contribution in [0.4, 0.5) is 10.7 Å². The first kappa shape index (κ1) is 16.8. The summed E-state index contributed by atoms with van der Waals surface area (Å²) in [5.41, 5.74) is 3.22. The number of benzene rings is 1. The van der Waals surface area contributed by atoms with Gasteiger partial charge in [-0.2, -0.15) is 0 Å². The first-order valence-corrected chi connectivity index (χ1v) is 8.92. The van der Waals surface area contributed by atoms with Gasteiger partial charge in [-0.1, -0.05) is 18.2 Å². The molecule has 0 amide bonds. The third-order valence-electron chi connectivity index (χ3n) is 3.27. The van der Waals surface area contributed by atoms with E-state index in [2.05, 4.69) is 32.6 Å². The lowest BCUT2D eigenvalue weighted by Crippen LogP contribution is -2.21. The fraction of sp³-hybridized carbons (Fsp3) is 0.143. The topological polar surface area (TPSA) is 92.5 Å². The molecule has 1 aliphatic rings. The SMILES string of the molecule is Cc1cccc(C)c1NC1=C(S)N=C(c2ncc([N+](=O)[O-])s2)SN1. The Balaban J connectivity index is 1.87. The number of thiol groups is 1. The Morgan fingerprint density at radius 3 is 2.62 bits per heavy atom. The van der Waals surface area contributed by atoms with Gasteiger partial charge in [-0.3, -0.25) is 10.1 Å². The minimum absolute atomic E-state index is 0.0162. The number of nitrogens with zero attached hydrogens (tertiary/aromatic N) is 3. The van der Waals surface area contributed by atoms with Crippen LogP contribution in [0.1, 0.15) is 16.1 Å². The third-order valence-corrected chi connectivity index (χ3v) is 5.46. The third kappa shape index (κ3) is 3.40. The van der Waals surface area contributed by atoms with Crippen molar-refractivity contribution in [3.8, 4) is 0 Å². The highest BCUT2D eigenvalue weighted by molar-refractivity contribution is 8.13. The zero-order valence-corrected chi connectivity index (χ0v) is 15.3. The van der Waals surface area contributed by atoms with E-state index in [0.717, 1.165) is 28.2 Å². The summed E-state index contributed by atoms with van der Waals surface area (Å²) in [6.07, 6.45) is 1.23. The standard InChI is InChI=1S/C14H13N5O2S3/c1-7-4-3-5-8(2)10(7)16-11-12(22)17-14(24-18-11)13-15-6-9(23-13)19(20)21/h3-6,16,18,22H,1-2H3. The Morgan fingerprint density at radius 1 is 1.33 bits per heavy atom. The van der Waals surface area contributed by atoms with Crippen LogP contribution in [-0.2, 0) is 0 Å². The average molecular weight is 379 g/mol. The lowest BCUT2D eigenvalue weighted by molar-refractivity contribution is -0.380. The van der Waals surface area contributed by atoms with Gasteiger partial charge < -0.3 is 10.0 Å². The van der Waals surface area contributed by atoms with Crippen LogP contribution >= 0.6 is 35.9 Å². The van der Waals surface area contributed by atoms with Crippen molar-refractivity contribution in [3.05, 3.63) is 61.5 Å². The second-order valence-electron chi connectivity index (χ2n) is 4.97. The number of rotatable bonds is 4. The molecule has 2 heterocycles. The Bertz CT molecular complexity index is 855. The quantitative estimate of drug-likeness (QED) is 0.324. The number of para-hydroxylation sites is 1. The van der Waals surface area contributed by atoms with Crippen LogP contribution in [0.2, 0.25) is 0 Å². The maximum absolute atomic E-state index is 10.8. The molecule has 0 bridgehead atoms. The normalized spacial score (nSPS) is 14.2. The van der Waals surface area contributed by atoms with Gasteiger partial charge in [0.2, 0.25) is 0 Å². The van der Waals surface area contributed by atoms with E-state index in [1.807, 2.05) is 32.0 Å². The number of thiazole rings is 1. The van der Waals surface area contributed by atoms with Crippen LogP contribution in [0, 0.1) is 24.0 Å². The summed E-state index contributed by atoms with van der Waals surface area (Å²) in [4.78, 5) is 18.7. The molecule has 0 spiro atoms. The number of hydrogen-bond acceptors (Lipinski definition) is 9. The van der Waals surface area contributed by atoms with Crippen LogP contribution < -0.4 is 10.0 Å². The molecule has 124 valence electrons. The van der Waals surface area contributed by atoms with Crippen molar-refractivity contribution in [2.24, 2.45) is 4.99 Å². The number of nitrogens with one attached hydrogen (secondary N) is 2. The molecule has 0 atom stereocenters. The van der Waals surface area contributed by atoms with Gasteiger partial charge in [-0.25, -0.2) is 9.98 Å². The minimum atomic E-state index is -0.464. The zero-order chi connectivity index (χ0) is 17.3. The second kappa shape index (κ2) is 6.83. The summed E-state index contributed by atoms with van der Waals surface area (Å²) < 4.78 is 3.13. The summed E-state index contributed by atoms with van der Waals surface area (Å²) in [7, 11) is 0. The first-order chi connectivity index (χ1) is 11.5. The van der Waals surface area contributed by atoms with E-state index >= 15 is 0 Å². The molecule has 1 aromatic carbocycles. The Labute approximate surface area is 152 Å². The summed E-state index contributed by atoms with van der Waals surface area (Å²) in [5.74, 6) is 0.663. The molecule has 1 aliphatic heterocycles.